The number of thiazole rings is 1. The Morgan fingerprint density at radius 2 is 2.04 bits per heavy atom. The SMILES string of the molecule is COc1ccc(CC(=O)N(Cc2ccco2)c2nc3ccc(Cl)cc3s2)cc1. The van der Waals surface area contributed by atoms with Crippen molar-refractivity contribution in [2.24, 2.45) is 0 Å². The first-order chi connectivity index (χ1) is 13.6. The number of halogens is 1. The highest BCUT2D eigenvalue weighted by Crippen LogP contribution is 2.32. The Morgan fingerprint density at radius 3 is 2.75 bits per heavy atom. The molecule has 0 saturated heterocycles. The predicted octanol–water partition coefficient (Wildman–Crippen LogP) is 5.33. The van der Waals surface area contributed by atoms with E-state index in [9.17, 15) is 4.79 Å². The molecule has 2 aromatic carbocycles. The molecule has 4 rings (SSSR count). The minimum absolute atomic E-state index is 0.0632. The molecule has 0 saturated carbocycles. The quantitative estimate of drug-likeness (QED) is 0.429. The van der Waals surface area contributed by atoms with E-state index in [1.165, 1.54) is 11.3 Å². The average molecular weight is 413 g/mol. The van der Waals surface area contributed by atoms with Crippen LogP contribution in [0.4, 0.5) is 5.13 Å². The van der Waals surface area contributed by atoms with Gasteiger partial charge in [-0.05, 0) is 48.0 Å². The Balaban J connectivity index is 1.64. The zero-order valence-electron chi connectivity index (χ0n) is 15.1. The van der Waals surface area contributed by atoms with Crippen molar-refractivity contribution < 1.29 is 13.9 Å². The normalized spacial score (nSPS) is 10.9. The molecule has 0 radical (unpaired) electrons. The molecule has 0 aliphatic heterocycles. The minimum atomic E-state index is -0.0632. The number of ether oxygens (including phenoxy) is 1. The lowest BCUT2D eigenvalue weighted by atomic mass is 10.1. The van der Waals surface area contributed by atoms with E-state index in [1.807, 2.05) is 42.5 Å². The monoisotopic (exact) mass is 412 g/mol. The summed E-state index contributed by atoms with van der Waals surface area (Å²) in [5, 5.41) is 1.26. The number of hydrogen-bond acceptors (Lipinski definition) is 5. The molecule has 5 nitrogen and oxygen atoms in total. The summed E-state index contributed by atoms with van der Waals surface area (Å²) in [6, 6.07) is 16.6. The zero-order valence-corrected chi connectivity index (χ0v) is 16.7. The highest BCUT2D eigenvalue weighted by Gasteiger charge is 2.21. The van der Waals surface area contributed by atoms with Gasteiger partial charge < -0.3 is 9.15 Å². The maximum Gasteiger partial charge on any atom is 0.233 e. The van der Waals surface area contributed by atoms with Crippen LogP contribution in [0.1, 0.15) is 11.3 Å². The number of carbonyl (C=O) groups excluding carboxylic acids is 1. The van der Waals surface area contributed by atoms with Crippen LogP contribution in [-0.2, 0) is 17.8 Å². The van der Waals surface area contributed by atoms with Crippen LogP contribution in [0.5, 0.6) is 5.75 Å². The summed E-state index contributed by atoms with van der Waals surface area (Å²) >= 11 is 7.52. The first-order valence-electron chi connectivity index (χ1n) is 8.64. The van der Waals surface area contributed by atoms with Crippen molar-refractivity contribution in [2.45, 2.75) is 13.0 Å². The third-order valence-electron chi connectivity index (χ3n) is 4.28. The van der Waals surface area contributed by atoms with Gasteiger partial charge >= 0.3 is 0 Å². The number of rotatable bonds is 6. The van der Waals surface area contributed by atoms with Crippen molar-refractivity contribution in [2.75, 3.05) is 12.0 Å². The van der Waals surface area contributed by atoms with Crippen molar-refractivity contribution >= 4 is 44.2 Å². The minimum Gasteiger partial charge on any atom is -0.497 e. The third kappa shape index (κ3) is 4.03. The molecule has 2 aromatic heterocycles. The predicted molar refractivity (Wildman–Crippen MR) is 111 cm³/mol. The highest BCUT2D eigenvalue weighted by molar-refractivity contribution is 7.22. The number of hydrogen-bond donors (Lipinski definition) is 0. The molecule has 1 amide bonds. The molecular formula is C21H17ClN2O3S. The summed E-state index contributed by atoms with van der Waals surface area (Å²) in [5.74, 6) is 1.39. The van der Waals surface area contributed by atoms with Gasteiger partial charge in [-0.25, -0.2) is 4.98 Å². The number of amides is 1. The molecule has 142 valence electrons. The van der Waals surface area contributed by atoms with Gasteiger partial charge in [-0.3, -0.25) is 9.69 Å². The Morgan fingerprint density at radius 1 is 1.21 bits per heavy atom. The van der Waals surface area contributed by atoms with Crippen molar-refractivity contribution in [3.8, 4) is 5.75 Å². The molecule has 7 heteroatoms. The van der Waals surface area contributed by atoms with E-state index in [2.05, 4.69) is 4.98 Å². The molecule has 0 aliphatic rings. The smallest absolute Gasteiger partial charge is 0.233 e. The summed E-state index contributed by atoms with van der Waals surface area (Å²) < 4.78 is 11.6. The Kier molecular flexibility index (Phi) is 5.32. The van der Waals surface area contributed by atoms with E-state index in [0.717, 1.165) is 21.5 Å². The fraction of sp³-hybridized carbons (Fsp3) is 0.143. The molecule has 0 fully saturated rings. The van der Waals surface area contributed by atoms with Crippen molar-refractivity contribution in [1.82, 2.24) is 4.98 Å². The Bertz CT molecular complexity index is 1090. The van der Waals surface area contributed by atoms with Gasteiger partial charge in [0, 0.05) is 5.02 Å². The molecule has 28 heavy (non-hydrogen) atoms. The lowest BCUT2D eigenvalue weighted by Gasteiger charge is -2.19. The lowest BCUT2D eigenvalue weighted by Crippen LogP contribution is -2.31. The van der Waals surface area contributed by atoms with E-state index >= 15 is 0 Å². The zero-order chi connectivity index (χ0) is 19.5. The van der Waals surface area contributed by atoms with Crippen LogP contribution in [0.3, 0.4) is 0 Å². The average Bonchev–Trinajstić information content (AvgIpc) is 3.35. The van der Waals surface area contributed by atoms with Crippen LogP contribution in [0.25, 0.3) is 10.2 Å². The largest absolute Gasteiger partial charge is 0.497 e. The van der Waals surface area contributed by atoms with E-state index in [0.29, 0.717) is 22.5 Å². The van der Waals surface area contributed by atoms with Crippen LogP contribution in [-0.4, -0.2) is 18.0 Å². The molecule has 0 N–H and O–H groups in total. The fourth-order valence-electron chi connectivity index (χ4n) is 2.84. The second-order valence-corrected chi connectivity index (χ2v) is 7.64. The Labute approximate surface area is 171 Å². The molecule has 4 aromatic rings. The first-order valence-corrected chi connectivity index (χ1v) is 9.83. The number of aromatic nitrogens is 1. The van der Waals surface area contributed by atoms with Gasteiger partial charge in [0.1, 0.15) is 11.5 Å². The first kappa shape index (κ1) is 18.5. The summed E-state index contributed by atoms with van der Waals surface area (Å²) in [6.45, 7) is 0.315. The van der Waals surface area contributed by atoms with Gasteiger partial charge in [0.15, 0.2) is 5.13 Å². The van der Waals surface area contributed by atoms with E-state index in [1.54, 1.807) is 30.4 Å². The molecular weight excluding hydrogens is 396 g/mol. The van der Waals surface area contributed by atoms with E-state index in [4.69, 9.17) is 20.8 Å². The number of anilines is 1. The second kappa shape index (κ2) is 8.04. The number of furan rings is 1. The van der Waals surface area contributed by atoms with E-state index in [-0.39, 0.29) is 12.3 Å². The number of fused-ring (bicyclic) bond motifs is 1. The number of benzene rings is 2. The topological polar surface area (TPSA) is 55.6 Å². The standard InChI is InChI=1S/C21H17ClN2O3S/c1-26-16-7-4-14(5-8-16)11-20(25)24(13-17-3-2-10-27-17)21-23-18-9-6-15(22)12-19(18)28-21/h2-10,12H,11,13H2,1H3. The molecule has 0 spiro atoms. The number of methoxy groups -OCH3 is 1. The van der Waals surface area contributed by atoms with Gasteiger partial charge in [-0.2, -0.15) is 0 Å². The van der Waals surface area contributed by atoms with Crippen LogP contribution < -0.4 is 9.64 Å². The van der Waals surface area contributed by atoms with Crippen molar-refractivity contribution in [3.63, 3.8) is 0 Å². The molecule has 0 unspecified atom stereocenters. The highest BCUT2D eigenvalue weighted by atomic mass is 35.5. The van der Waals surface area contributed by atoms with Gasteiger partial charge in [-0.15, -0.1) is 0 Å². The third-order valence-corrected chi connectivity index (χ3v) is 5.56. The molecule has 0 atom stereocenters. The van der Waals surface area contributed by atoms with Crippen LogP contribution in [0, 0.1) is 0 Å². The lowest BCUT2D eigenvalue weighted by molar-refractivity contribution is -0.118. The summed E-state index contributed by atoms with van der Waals surface area (Å²) in [4.78, 5) is 19.4. The summed E-state index contributed by atoms with van der Waals surface area (Å²) in [6.07, 6.45) is 1.85. The van der Waals surface area contributed by atoms with Crippen LogP contribution >= 0.6 is 22.9 Å². The fourth-order valence-corrected chi connectivity index (χ4v) is 4.09. The maximum atomic E-state index is 13.1. The van der Waals surface area contributed by atoms with Crippen LogP contribution in [0.2, 0.25) is 5.02 Å². The number of nitrogens with zero attached hydrogens (tertiary/aromatic N) is 2. The molecule has 0 bridgehead atoms. The van der Waals surface area contributed by atoms with E-state index < -0.39 is 0 Å². The van der Waals surface area contributed by atoms with Gasteiger partial charge in [-0.1, -0.05) is 35.1 Å². The van der Waals surface area contributed by atoms with Crippen molar-refractivity contribution in [3.05, 3.63) is 77.2 Å². The van der Waals surface area contributed by atoms with Gasteiger partial charge in [0.05, 0.1) is 36.6 Å². The summed E-state index contributed by atoms with van der Waals surface area (Å²) in [7, 11) is 1.62. The number of carbonyl (C=O) groups is 1. The van der Waals surface area contributed by atoms with Gasteiger partial charge in [0.25, 0.3) is 0 Å². The molecule has 0 aliphatic carbocycles. The Hall–Kier alpha value is -2.83. The van der Waals surface area contributed by atoms with Crippen molar-refractivity contribution in [1.29, 1.82) is 0 Å². The van der Waals surface area contributed by atoms with Gasteiger partial charge in [0.2, 0.25) is 5.91 Å². The molecule has 2 heterocycles. The second-order valence-electron chi connectivity index (χ2n) is 6.19. The summed E-state index contributed by atoms with van der Waals surface area (Å²) in [5.41, 5.74) is 1.71. The maximum absolute atomic E-state index is 13.1. The van der Waals surface area contributed by atoms with Crippen LogP contribution in [0.15, 0.2) is 65.3 Å².